The van der Waals surface area contributed by atoms with Gasteiger partial charge in [0.1, 0.15) is 15.6 Å². The maximum atomic E-state index is 11.2. The smallest absolute Gasteiger partial charge is 0.149 e. The molecule has 4 nitrogen and oxygen atoms in total. The third kappa shape index (κ3) is 7.06. The molecule has 0 fully saturated rings. The van der Waals surface area contributed by atoms with Crippen molar-refractivity contribution in [2.45, 2.75) is 26.8 Å². The van der Waals surface area contributed by atoms with Gasteiger partial charge in [-0.05, 0) is 25.0 Å². The number of hydrogen-bond donors (Lipinski definition) is 1. The summed E-state index contributed by atoms with van der Waals surface area (Å²) in [7, 11) is -2.97. The molecule has 1 N–H and O–H groups in total. The summed E-state index contributed by atoms with van der Waals surface area (Å²) in [5.74, 6) is 1.38. The fourth-order valence-corrected chi connectivity index (χ4v) is 2.71. The van der Waals surface area contributed by atoms with E-state index in [2.05, 4.69) is 19.2 Å². The third-order valence-corrected chi connectivity index (χ3v) is 3.49. The molecule has 0 bridgehead atoms. The van der Waals surface area contributed by atoms with Crippen LogP contribution in [-0.2, 0) is 9.84 Å². The van der Waals surface area contributed by atoms with Crippen molar-refractivity contribution in [3.8, 4) is 5.75 Å². The maximum Gasteiger partial charge on any atom is 0.149 e. The SMILES string of the molecule is CC(C)COc1cccc(NC(C)CS(C)(=O)=O)c1. The van der Waals surface area contributed by atoms with Gasteiger partial charge in [-0.2, -0.15) is 0 Å². The number of sulfone groups is 1. The molecule has 0 radical (unpaired) electrons. The van der Waals surface area contributed by atoms with E-state index in [-0.39, 0.29) is 11.8 Å². The van der Waals surface area contributed by atoms with Gasteiger partial charge < -0.3 is 10.1 Å². The normalized spacial score (nSPS) is 13.3. The van der Waals surface area contributed by atoms with Gasteiger partial charge in [0.2, 0.25) is 0 Å². The first kappa shape index (κ1) is 15.8. The molecule has 0 aliphatic rings. The van der Waals surface area contributed by atoms with E-state index in [0.717, 1.165) is 11.4 Å². The van der Waals surface area contributed by atoms with Gasteiger partial charge in [-0.1, -0.05) is 19.9 Å². The molecule has 19 heavy (non-hydrogen) atoms. The summed E-state index contributed by atoms with van der Waals surface area (Å²) < 4.78 is 28.1. The van der Waals surface area contributed by atoms with Crippen LogP contribution in [0.1, 0.15) is 20.8 Å². The van der Waals surface area contributed by atoms with Crippen molar-refractivity contribution in [1.82, 2.24) is 0 Å². The molecule has 0 amide bonds. The molecule has 0 spiro atoms. The largest absolute Gasteiger partial charge is 0.493 e. The van der Waals surface area contributed by atoms with Gasteiger partial charge in [0.15, 0.2) is 0 Å². The lowest BCUT2D eigenvalue weighted by Gasteiger charge is -2.15. The van der Waals surface area contributed by atoms with E-state index < -0.39 is 9.84 Å². The second kappa shape index (κ2) is 6.80. The molecule has 0 saturated carbocycles. The predicted octanol–water partition coefficient (Wildman–Crippen LogP) is 2.57. The zero-order valence-corrected chi connectivity index (χ0v) is 12.8. The Labute approximate surface area is 116 Å². The monoisotopic (exact) mass is 285 g/mol. The summed E-state index contributed by atoms with van der Waals surface area (Å²) in [5, 5.41) is 3.17. The first-order valence-electron chi connectivity index (χ1n) is 6.43. The summed E-state index contributed by atoms with van der Waals surface area (Å²) in [6.45, 7) is 6.71. The van der Waals surface area contributed by atoms with Crippen LogP contribution in [0, 0.1) is 5.92 Å². The first-order chi connectivity index (χ1) is 8.76. The minimum absolute atomic E-state index is 0.115. The van der Waals surface area contributed by atoms with Gasteiger partial charge in [0.05, 0.1) is 12.4 Å². The molecular weight excluding hydrogens is 262 g/mol. The van der Waals surface area contributed by atoms with Crippen LogP contribution in [0.15, 0.2) is 24.3 Å². The Morgan fingerprint density at radius 2 is 1.95 bits per heavy atom. The molecule has 1 aromatic carbocycles. The number of ether oxygens (including phenoxy) is 1. The Hall–Kier alpha value is -1.23. The van der Waals surface area contributed by atoms with Crippen molar-refractivity contribution in [1.29, 1.82) is 0 Å². The molecule has 0 aromatic heterocycles. The molecule has 0 heterocycles. The molecule has 0 aliphatic heterocycles. The van der Waals surface area contributed by atoms with Crippen molar-refractivity contribution in [3.63, 3.8) is 0 Å². The number of hydrogen-bond acceptors (Lipinski definition) is 4. The summed E-state index contributed by atoms with van der Waals surface area (Å²) in [4.78, 5) is 0. The van der Waals surface area contributed by atoms with Crippen LogP contribution < -0.4 is 10.1 Å². The first-order valence-corrected chi connectivity index (χ1v) is 8.49. The highest BCUT2D eigenvalue weighted by molar-refractivity contribution is 7.90. The zero-order valence-electron chi connectivity index (χ0n) is 12.0. The lowest BCUT2D eigenvalue weighted by atomic mass is 10.2. The van der Waals surface area contributed by atoms with Gasteiger partial charge in [-0.15, -0.1) is 0 Å². The number of rotatable bonds is 7. The van der Waals surface area contributed by atoms with Crippen LogP contribution in [0.5, 0.6) is 5.75 Å². The van der Waals surface area contributed by atoms with E-state index >= 15 is 0 Å². The van der Waals surface area contributed by atoms with Crippen molar-refractivity contribution >= 4 is 15.5 Å². The standard InChI is InChI=1S/C14H23NO3S/c1-11(2)9-18-14-7-5-6-13(8-14)15-12(3)10-19(4,16)17/h5-8,11-12,15H,9-10H2,1-4H3. The minimum atomic E-state index is -2.97. The van der Waals surface area contributed by atoms with E-state index in [1.807, 2.05) is 31.2 Å². The Kier molecular flexibility index (Phi) is 5.66. The average Bonchev–Trinajstić information content (AvgIpc) is 2.24. The lowest BCUT2D eigenvalue weighted by molar-refractivity contribution is 0.271. The van der Waals surface area contributed by atoms with Gasteiger partial charge in [-0.25, -0.2) is 8.42 Å². The van der Waals surface area contributed by atoms with Crippen LogP contribution in [0.2, 0.25) is 0 Å². The van der Waals surface area contributed by atoms with E-state index in [1.165, 1.54) is 6.26 Å². The van der Waals surface area contributed by atoms with Crippen LogP contribution in [0.4, 0.5) is 5.69 Å². The molecular formula is C14H23NO3S. The third-order valence-electron chi connectivity index (χ3n) is 2.38. The van der Waals surface area contributed by atoms with Crippen molar-refractivity contribution < 1.29 is 13.2 Å². The van der Waals surface area contributed by atoms with Crippen LogP contribution in [-0.4, -0.2) is 33.1 Å². The molecule has 0 aliphatic carbocycles. The second-order valence-corrected chi connectivity index (χ2v) is 7.56. The summed E-state index contributed by atoms with van der Waals surface area (Å²) in [6.07, 6.45) is 1.24. The van der Waals surface area contributed by atoms with E-state index in [0.29, 0.717) is 12.5 Å². The molecule has 1 unspecified atom stereocenters. The van der Waals surface area contributed by atoms with Crippen molar-refractivity contribution in [2.75, 3.05) is 23.9 Å². The fourth-order valence-electron chi connectivity index (χ4n) is 1.72. The van der Waals surface area contributed by atoms with Crippen LogP contribution >= 0.6 is 0 Å². The maximum absolute atomic E-state index is 11.2. The molecule has 1 rings (SSSR count). The lowest BCUT2D eigenvalue weighted by Crippen LogP contribution is -2.24. The van der Waals surface area contributed by atoms with E-state index in [9.17, 15) is 8.42 Å². The van der Waals surface area contributed by atoms with E-state index in [4.69, 9.17) is 4.74 Å². The van der Waals surface area contributed by atoms with Crippen molar-refractivity contribution in [2.24, 2.45) is 5.92 Å². The summed E-state index contributed by atoms with van der Waals surface area (Å²) >= 11 is 0. The Balaban J connectivity index is 2.61. The van der Waals surface area contributed by atoms with Gasteiger partial charge >= 0.3 is 0 Å². The number of benzene rings is 1. The fraction of sp³-hybridized carbons (Fsp3) is 0.571. The molecule has 0 saturated heterocycles. The Morgan fingerprint density at radius 3 is 2.53 bits per heavy atom. The Bertz CT molecular complexity index is 497. The van der Waals surface area contributed by atoms with Crippen LogP contribution in [0.3, 0.4) is 0 Å². The summed E-state index contributed by atoms with van der Waals surface area (Å²) in [5.41, 5.74) is 0.873. The highest BCUT2D eigenvalue weighted by atomic mass is 32.2. The zero-order chi connectivity index (χ0) is 14.5. The average molecular weight is 285 g/mol. The van der Waals surface area contributed by atoms with Gasteiger partial charge in [0.25, 0.3) is 0 Å². The van der Waals surface area contributed by atoms with Crippen molar-refractivity contribution in [3.05, 3.63) is 24.3 Å². The van der Waals surface area contributed by atoms with Gasteiger partial charge in [0, 0.05) is 24.1 Å². The predicted molar refractivity (Wildman–Crippen MR) is 79.6 cm³/mol. The minimum Gasteiger partial charge on any atom is -0.493 e. The number of nitrogens with one attached hydrogen (secondary N) is 1. The van der Waals surface area contributed by atoms with Gasteiger partial charge in [-0.3, -0.25) is 0 Å². The topological polar surface area (TPSA) is 55.4 Å². The molecule has 5 heteroatoms. The second-order valence-electron chi connectivity index (χ2n) is 5.37. The Morgan fingerprint density at radius 1 is 1.26 bits per heavy atom. The quantitative estimate of drug-likeness (QED) is 0.836. The molecule has 1 aromatic rings. The van der Waals surface area contributed by atoms with E-state index in [1.54, 1.807) is 0 Å². The highest BCUT2D eigenvalue weighted by Crippen LogP contribution is 2.18. The summed E-state index contributed by atoms with van der Waals surface area (Å²) in [6, 6.07) is 7.46. The number of anilines is 1. The molecule has 108 valence electrons. The highest BCUT2D eigenvalue weighted by Gasteiger charge is 2.10. The van der Waals surface area contributed by atoms with Crippen LogP contribution in [0.25, 0.3) is 0 Å². The molecule has 1 atom stereocenters.